The molecule has 13 heavy (non-hydrogen) atoms. The fourth-order valence-corrected chi connectivity index (χ4v) is 0.859. The molecule has 0 unspecified atom stereocenters. The molecule has 0 atom stereocenters. The van der Waals surface area contributed by atoms with E-state index in [0.29, 0.717) is 5.69 Å². The summed E-state index contributed by atoms with van der Waals surface area (Å²) in [6, 6.07) is 3.46. The van der Waals surface area contributed by atoms with E-state index in [-0.39, 0.29) is 5.91 Å². The molecule has 0 saturated heterocycles. The van der Waals surface area contributed by atoms with Crippen molar-refractivity contribution in [1.29, 1.82) is 0 Å². The highest BCUT2D eigenvalue weighted by molar-refractivity contribution is 5.93. The number of carbonyl (C=O) groups is 1. The zero-order chi connectivity index (χ0) is 9.90. The average Bonchev–Trinajstić information content (AvgIpc) is 2.55. The van der Waals surface area contributed by atoms with Gasteiger partial charge in [-0.25, -0.2) is 0 Å². The van der Waals surface area contributed by atoms with Crippen LogP contribution in [0.15, 0.2) is 18.3 Å². The first-order valence-corrected chi connectivity index (χ1v) is 3.99. The van der Waals surface area contributed by atoms with Gasteiger partial charge in [-0.3, -0.25) is 4.79 Å². The lowest BCUT2D eigenvalue weighted by atomic mass is 10.1. The summed E-state index contributed by atoms with van der Waals surface area (Å²) in [6.45, 7) is 3.54. The van der Waals surface area contributed by atoms with Crippen molar-refractivity contribution in [3.8, 4) is 12.3 Å². The maximum Gasteiger partial charge on any atom is 0.268 e. The largest absolute Gasteiger partial charge is 0.357 e. The van der Waals surface area contributed by atoms with Crippen LogP contribution in [0, 0.1) is 12.3 Å². The normalized spacial score (nSPS) is 10.5. The number of carbonyl (C=O) groups excluding carboxylic acids is 1. The van der Waals surface area contributed by atoms with Gasteiger partial charge in [0, 0.05) is 6.20 Å². The predicted octanol–water partition coefficient (Wildman–Crippen LogP) is 1.16. The Morgan fingerprint density at radius 2 is 2.38 bits per heavy atom. The highest BCUT2D eigenvalue weighted by Gasteiger charge is 2.17. The number of aromatic nitrogens is 1. The summed E-state index contributed by atoms with van der Waals surface area (Å²) in [4.78, 5) is 14.2. The average molecular weight is 176 g/mol. The molecule has 0 fully saturated rings. The molecular formula is C10H12N2O. The second kappa shape index (κ2) is 3.36. The van der Waals surface area contributed by atoms with Gasteiger partial charge in [0.05, 0.1) is 5.54 Å². The molecule has 0 spiro atoms. The van der Waals surface area contributed by atoms with Crippen molar-refractivity contribution in [3.63, 3.8) is 0 Å². The Morgan fingerprint density at radius 1 is 1.69 bits per heavy atom. The monoisotopic (exact) mass is 176 g/mol. The number of hydrogen-bond donors (Lipinski definition) is 2. The van der Waals surface area contributed by atoms with E-state index in [1.54, 1.807) is 32.2 Å². The van der Waals surface area contributed by atoms with Gasteiger partial charge < -0.3 is 10.3 Å². The third-order valence-corrected chi connectivity index (χ3v) is 1.63. The van der Waals surface area contributed by atoms with Gasteiger partial charge in [-0.05, 0) is 26.0 Å². The molecule has 1 amide bonds. The zero-order valence-corrected chi connectivity index (χ0v) is 7.72. The lowest BCUT2D eigenvalue weighted by molar-refractivity contribution is 0.0925. The molecule has 3 nitrogen and oxygen atoms in total. The van der Waals surface area contributed by atoms with E-state index in [2.05, 4.69) is 16.2 Å². The van der Waals surface area contributed by atoms with Crippen molar-refractivity contribution in [2.75, 3.05) is 0 Å². The van der Waals surface area contributed by atoms with E-state index in [1.165, 1.54) is 0 Å². The van der Waals surface area contributed by atoms with Crippen LogP contribution >= 0.6 is 0 Å². The molecule has 68 valence electrons. The Labute approximate surface area is 77.5 Å². The van der Waals surface area contributed by atoms with E-state index < -0.39 is 5.54 Å². The molecule has 3 heteroatoms. The first-order chi connectivity index (χ1) is 6.05. The summed E-state index contributed by atoms with van der Waals surface area (Å²) < 4.78 is 0. The summed E-state index contributed by atoms with van der Waals surface area (Å²) in [7, 11) is 0. The fourth-order valence-electron chi connectivity index (χ4n) is 0.859. The maximum atomic E-state index is 11.4. The number of H-pyrrole nitrogens is 1. The minimum Gasteiger partial charge on any atom is -0.357 e. The minimum absolute atomic E-state index is 0.187. The van der Waals surface area contributed by atoms with Gasteiger partial charge >= 0.3 is 0 Å². The van der Waals surface area contributed by atoms with Crippen molar-refractivity contribution < 1.29 is 4.79 Å². The molecule has 0 saturated carbocycles. The molecule has 1 heterocycles. The predicted molar refractivity (Wildman–Crippen MR) is 51.2 cm³/mol. The van der Waals surface area contributed by atoms with Crippen molar-refractivity contribution in [2.45, 2.75) is 19.4 Å². The number of amides is 1. The molecule has 0 aliphatic carbocycles. The summed E-state index contributed by atoms with van der Waals surface area (Å²) in [5, 5.41) is 2.70. The van der Waals surface area contributed by atoms with Crippen LogP contribution in [0.25, 0.3) is 0 Å². The number of hydrogen-bond acceptors (Lipinski definition) is 1. The molecular weight excluding hydrogens is 164 g/mol. The van der Waals surface area contributed by atoms with Gasteiger partial charge in [-0.1, -0.05) is 5.92 Å². The lowest BCUT2D eigenvalue weighted by Crippen LogP contribution is -2.42. The number of aromatic amines is 1. The molecule has 0 radical (unpaired) electrons. The minimum atomic E-state index is -0.609. The molecule has 1 aromatic rings. The third kappa shape index (κ3) is 2.38. The third-order valence-electron chi connectivity index (χ3n) is 1.63. The molecule has 1 rings (SSSR count). The lowest BCUT2D eigenvalue weighted by Gasteiger charge is -2.18. The van der Waals surface area contributed by atoms with E-state index in [1.807, 2.05) is 0 Å². The SMILES string of the molecule is C#CC(C)(C)NC(=O)c1ccc[nH]1. The summed E-state index contributed by atoms with van der Waals surface area (Å²) in [5.74, 6) is 2.30. The van der Waals surface area contributed by atoms with Gasteiger partial charge in [0.1, 0.15) is 5.69 Å². The molecule has 0 aromatic carbocycles. The van der Waals surface area contributed by atoms with E-state index in [4.69, 9.17) is 6.42 Å². The van der Waals surface area contributed by atoms with E-state index in [9.17, 15) is 4.79 Å². The van der Waals surface area contributed by atoms with Crippen LogP contribution in [0.1, 0.15) is 24.3 Å². The number of nitrogens with one attached hydrogen (secondary N) is 2. The van der Waals surface area contributed by atoms with E-state index >= 15 is 0 Å². The van der Waals surface area contributed by atoms with Crippen LogP contribution in [-0.2, 0) is 0 Å². The summed E-state index contributed by atoms with van der Waals surface area (Å²) in [5.41, 5.74) is -0.0920. The quantitative estimate of drug-likeness (QED) is 0.652. The summed E-state index contributed by atoms with van der Waals surface area (Å²) >= 11 is 0. The van der Waals surface area contributed by atoms with Crippen LogP contribution in [-0.4, -0.2) is 16.4 Å². The Kier molecular flexibility index (Phi) is 2.43. The zero-order valence-electron chi connectivity index (χ0n) is 7.72. The van der Waals surface area contributed by atoms with Gasteiger partial charge in [0.15, 0.2) is 0 Å². The van der Waals surface area contributed by atoms with Crippen molar-refractivity contribution in [1.82, 2.24) is 10.3 Å². The smallest absolute Gasteiger partial charge is 0.268 e. The van der Waals surface area contributed by atoms with Crippen molar-refractivity contribution in [2.24, 2.45) is 0 Å². The molecule has 0 aliphatic heterocycles. The fraction of sp³-hybridized carbons (Fsp3) is 0.300. The molecule has 0 aliphatic rings. The number of rotatable bonds is 2. The van der Waals surface area contributed by atoms with Crippen LogP contribution < -0.4 is 5.32 Å². The molecule has 0 bridgehead atoms. The van der Waals surface area contributed by atoms with Gasteiger partial charge in [0.25, 0.3) is 5.91 Å². The van der Waals surface area contributed by atoms with Crippen LogP contribution in [0.5, 0.6) is 0 Å². The van der Waals surface area contributed by atoms with Crippen molar-refractivity contribution >= 4 is 5.91 Å². The molecule has 1 aromatic heterocycles. The topological polar surface area (TPSA) is 44.9 Å². The van der Waals surface area contributed by atoms with Gasteiger partial charge in [-0.15, -0.1) is 6.42 Å². The Bertz CT molecular complexity index is 330. The van der Waals surface area contributed by atoms with E-state index in [0.717, 1.165) is 0 Å². The number of terminal acetylenes is 1. The van der Waals surface area contributed by atoms with Crippen LogP contribution in [0.3, 0.4) is 0 Å². The summed E-state index contributed by atoms with van der Waals surface area (Å²) in [6.07, 6.45) is 6.93. The Morgan fingerprint density at radius 3 is 2.85 bits per heavy atom. The Balaban J connectivity index is 2.68. The van der Waals surface area contributed by atoms with Gasteiger partial charge in [0.2, 0.25) is 0 Å². The van der Waals surface area contributed by atoms with Crippen molar-refractivity contribution in [3.05, 3.63) is 24.0 Å². The first kappa shape index (κ1) is 9.40. The Hall–Kier alpha value is -1.69. The van der Waals surface area contributed by atoms with Crippen LogP contribution in [0.2, 0.25) is 0 Å². The van der Waals surface area contributed by atoms with Gasteiger partial charge in [-0.2, -0.15) is 0 Å². The highest BCUT2D eigenvalue weighted by atomic mass is 16.2. The maximum absolute atomic E-state index is 11.4. The molecule has 2 N–H and O–H groups in total. The standard InChI is InChI=1S/C10H12N2O/c1-4-10(2,3)12-9(13)8-6-5-7-11-8/h1,5-7,11H,2-3H3,(H,12,13). The second-order valence-corrected chi connectivity index (χ2v) is 3.31. The highest BCUT2D eigenvalue weighted by Crippen LogP contribution is 2.02. The second-order valence-electron chi connectivity index (χ2n) is 3.31. The first-order valence-electron chi connectivity index (χ1n) is 3.99. The van der Waals surface area contributed by atoms with Crippen LogP contribution in [0.4, 0.5) is 0 Å².